The molecule has 8 heteroatoms. The van der Waals surface area contributed by atoms with Crippen LogP contribution in [0, 0.1) is 34.6 Å². The first-order valence-corrected chi connectivity index (χ1v) is 12.1. The summed E-state index contributed by atoms with van der Waals surface area (Å²) in [6.45, 7) is 10.3. The largest absolute Gasteiger partial charge is 0.325 e. The monoisotopic (exact) mass is 470 g/mol. The van der Waals surface area contributed by atoms with Crippen LogP contribution < -0.4 is 5.32 Å². The van der Waals surface area contributed by atoms with Gasteiger partial charge in [-0.2, -0.15) is 5.10 Å². The van der Waals surface area contributed by atoms with Crippen LogP contribution in [0.2, 0.25) is 0 Å². The zero-order valence-corrected chi connectivity index (χ0v) is 20.7. The number of thioether (sulfide) groups is 1. The highest BCUT2D eigenvalue weighted by molar-refractivity contribution is 7.99. The molecule has 0 saturated carbocycles. The lowest BCUT2D eigenvalue weighted by Crippen LogP contribution is -2.16. The van der Waals surface area contributed by atoms with Crippen molar-refractivity contribution in [2.45, 2.75) is 39.8 Å². The second-order valence-electron chi connectivity index (χ2n) is 8.74. The third-order valence-electron chi connectivity index (χ3n) is 6.06. The highest BCUT2D eigenvalue weighted by Gasteiger charge is 2.15. The van der Waals surface area contributed by atoms with Gasteiger partial charge in [-0.1, -0.05) is 41.6 Å². The fourth-order valence-corrected chi connectivity index (χ4v) is 4.93. The summed E-state index contributed by atoms with van der Waals surface area (Å²) in [6, 6.07) is 12.5. The van der Waals surface area contributed by atoms with E-state index in [4.69, 9.17) is 5.10 Å². The minimum absolute atomic E-state index is 0.0701. The number of hydrogen-bond donors (Lipinski definition) is 1. The van der Waals surface area contributed by atoms with Crippen molar-refractivity contribution in [3.8, 4) is 11.3 Å². The minimum Gasteiger partial charge on any atom is -0.325 e. The number of rotatable bonds is 5. The number of carbonyl (C=O) groups is 1. The van der Waals surface area contributed by atoms with E-state index in [1.807, 2.05) is 41.2 Å². The van der Waals surface area contributed by atoms with E-state index in [2.05, 4.69) is 66.6 Å². The Bertz CT molecular complexity index is 1540. The minimum atomic E-state index is -0.0701. The van der Waals surface area contributed by atoms with Crippen LogP contribution in [0.3, 0.4) is 0 Å². The van der Waals surface area contributed by atoms with E-state index in [1.54, 1.807) is 0 Å². The molecule has 7 nitrogen and oxygen atoms in total. The Hall–Kier alpha value is -3.65. The highest BCUT2D eigenvalue weighted by atomic mass is 32.2. The second-order valence-corrected chi connectivity index (χ2v) is 9.69. The molecule has 3 heterocycles. The van der Waals surface area contributed by atoms with E-state index in [-0.39, 0.29) is 11.7 Å². The molecular formula is C26H26N6OS. The number of nitrogens with zero attached hydrogens (tertiary/aromatic N) is 5. The molecule has 0 unspecified atom stereocenters. The summed E-state index contributed by atoms with van der Waals surface area (Å²) in [6.07, 6.45) is 3.77. The van der Waals surface area contributed by atoms with E-state index < -0.39 is 0 Å². The van der Waals surface area contributed by atoms with Gasteiger partial charge in [-0.25, -0.2) is 4.52 Å². The summed E-state index contributed by atoms with van der Waals surface area (Å²) < 4.78 is 3.72. The predicted octanol–water partition coefficient (Wildman–Crippen LogP) is 5.32. The zero-order valence-electron chi connectivity index (χ0n) is 19.9. The Morgan fingerprint density at radius 3 is 2.41 bits per heavy atom. The number of nitrogens with one attached hydrogen (secondary N) is 1. The predicted molar refractivity (Wildman–Crippen MR) is 137 cm³/mol. The maximum absolute atomic E-state index is 12.7. The van der Waals surface area contributed by atoms with Gasteiger partial charge in [0.25, 0.3) is 0 Å². The molecule has 1 amide bonds. The smallest absolute Gasteiger partial charge is 0.234 e. The van der Waals surface area contributed by atoms with Crippen LogP contribution in [-0.4, -0.2) is 35.9 Å². The van der Waals surface area contributed by atoms with Gasteiger partial charge < -0.3 is 5.32 Å². The normalized spacial score (nSPS) is 11.4. The Labute approximate surface area is 202 Å². The number of fused-ring (bicyclic) bond motifs is 3. The number of hydrogen-bond acceptors (Lipinski definition) is 5. The van der Waals surface area contributed by atoms with Gasteiger partial charge in [-0.05, 0) is 69.0 Å². The summed E-state index contributed by atoms with van der Waals surface area (Å²) >= 11 is 1.36. The summed E-state index contributed by atoms with van der Waals surface area (Å²) in [7, 11) is 0. The molecule has 0 aliphatic carbocycles. The molecule has 0 bridgehead atoms. The first-order valence-electron chi connectivity index (χ1n) is 11.1. The first kappa shape index (κ1) is 22.2. The van der Waals surface area contributed by atoms with Gasteiger partial charge in [0.05, 0.1) is 11.4 Å². The van der Waals surface area contributed by atoms with Crippen molar-refractivity contribution in [1.82, 2.24) is 24.2 Å². The van der Waals surface area contributed by atoms with Gasteiger partial charge in [0, 0.05) is 23.6 Å². The van der Waals surface area contributed by atoms with Crippen LogP contribution >= 0.6 is 11.8 Å². The van der Waals surface area contributed by atoms with Gasteiger partial charge in [0.1, 0.15) is 5.52 Å². The molecule has 172 valence electrons. The van der Waals surface area contributed by atoms with Crippen LogP contribution in [0.15, 0.2) is 53.9 Å². The molecule has 0 aliphatic rings. The third-order valence-corrected chi connectivity index (χ3v) is 7.01. The second kappa shape index (κ2) is 8.61. The Balaban J connectivity index is 1.37. The number of aryl methyl sites for hydroxylation is 5. The number of aromatic nitrogens is 5. The lowest BCUT2D eigenvalue weighted by Gasteiger charge is -2.12. The SMILES string of the molecule is Cc1cc(C)c(NC(=O)CSc2nnc3c4cc(-c5ccc(C)c(C)c5)nn4ccn23)c(C)c1. The fourth-order valence-electron chi connectivity index (χ4n) is 4.21. The van der Waals surface area contributed by atoms with Gasteiger partial charge in [0.15, 0.2) is 10.8 Å². The standard InChI is InChI=1S/C26H26N6OS/c1-15-10-18(4)24(19(5)11-15)27-23(33)14-34-26-29-28-25-22-13-21(30-32(22)9-8-31(25)26)20-7-6-16(2)17(3)12-20/h6-13H,14H2,1-5H3,(H,27,33). The molecule has 0 atom stereocenters. The number of benzene rings is 2. The van der Waals surface area contributed by atoms with Crippen LogP contribution in [0.25, 0.3) is 22.4 Å². The maximum atomic E-state index is 12.7. The molecule has 3 aromatic heterocycles. The number of amides is 1. The van der Waals surface area contributed by atoms with E-state index in [0.717, 1.165) is 33.6 Å². The average molecular weight is 471 g/mol. The van der Waals surface area contributed by atoms with Crippen molar-refractivity contribution in [2.75, 3.05) is 11.1 Å². The Morgan fingerprint density at radius 1 is 0.912 bits per heavy atom. The van der Waals surface area contributed by atoms with Crippen LogP contribution in [0.1, 0.15) is 27.8 Å². The van der Waals surface area contributed by atoms with Crippen molar-refractivity contribution in [3.63, 3.8) is 0 Å². The van der Waals surface area contributed by atoms with Crippen molar-refractivity contribution in [1.29, 1.82) is 0 Å². The molecule has 0 spiro atoms. The lowest BCUT2D eigenvalue weighted by atomic mass is 10.0. The molecule has 1 N–H and O–H groups in total. The van der Waals surface area contributed by atoms with Crippen LogP contribution in [0.4, 0.5) is 5.69 Å². The van der Waals surface area contributed by atoms with E-state index >= 15 is 0 Å². The zero-order chi connectivity index (χ0) is 24.0. The Morgan fingerprint density at radius 2 is 1.68 bits per heavy atom. The van der Waals surface area contributed by atoms with Crippen molar-refractivity contribution < 1.29 is 4.79 Å². The number of anilines is 1. The summed E-state index contributed by atoms with van der Waals surface area (Å²) in [5.74, 6) is 0.172. The van der Waals surface area contributed by atoms with Crippen LogP contribution in [0.5, 0.6) is 0 Å². The Kier molecular flexibility index (Phi) is 5.61. The summed E-state index contributed by atoms with van der Waals surface area (Å²) in [5, 5.41) is 17.2. The van der Waals surface area contributed by atoms with E-state index in [0.29, 0.717) is 10.8 Å². The molecule has 5 aromatic rings. The van der Waals surface area contributed by atoms with E-state index in [1.165, 1.54) is 28.5 Å². The quantitative estimate of drug-likeness (QED) is 0.352. The molecule has 2 aromatic carbocycles. The lowest BCUT2D eigenvalue weighted by molar-refractivity contribution is -0.113. The number of carbonyl (C=O) groups excluding carboxylic acids is 1. The molecular weight excluding hydrogens is 444 g/mol. The van der Waals surface area contributed by atoms with Gasteiger partial charge in [-0.3, -0.25) is 9.20 Å². The molecule has 34 heavy (non-hydrogen) atoms. The maximum Gasteiger partial charge on any atom is 0.234 e. The fraction of sp³-hybridized carbons (Fsp3) is 0.231. The van der Waals surface area contributed by atoms with E-state index in [9.17, 15) is 4.79 Å². The van der Waals surface area contributed by atoms with Crippen molar-refractivity contribution in [3.05, 3.63) is 76.6 Å². The van der Waals surface area contributed by atoms with Gasteiger partial charge in [-0.15, -0.1) is 10.2 Å². The van der Waals surface area contributed by atoms with Gasteiger partial charge in [0.2, 0.25) is 5.91 Å². The highest BCUT2D eigenvalue weighted by Crippen LogP contribution is 2.26. The topological polar surface area (TPSA) is 76.6 Å². The molecule has 0 fully saturated rings. The molecule has 0 radical (unpaired) electrons. The molecule has 5 rings (SSSR count). The molecule has 0 aliphatic heterocycles. The molecule has 0 saturated heterocycles. The summed E-state index contributed by atoms with van der Waals surface area (Å²) in [5.41, 5.74) is 10.2. The van der Waals surface area contributed by atoms with Crippen molar-refractivity contribution >= 4 is 34.5 Å². The third kappa shape index (κ3) is 4.05. The van der Waals surface area contributed by atoms with Crippen LogP contribution in [-0.2, 0) is 4.79 Å². The average Bonchev–Trinajstić information content (AvgIpc) is 3.40. The summed E-state index contributed by atoms with van der Waals surface area (Å²) in [4.78, 5) is 12.7. The van der Waals surface area contributed by atoms with Gasteiger partial charge >= 0.3 is 0 Å². The van der Waals surface area contributed by atoms with Crippen molar-refractivity contribution in [2.24, 2.45) is 0 Å². The first-order chi connectivity index (χ1) is 16.3.